The minimum atomic E-state index is 0.0715. The highest BCUT2D eigenvalue weighted by Crippen LogP contribution is 2.46. The van der Waals surface area contributed by atoms with E-state index in [4.69, 9.17) is 15.0 Å². The highest BCUT2D eigenvalue weighted by Gasteiger charge is 2.26. The van der Waals surface area contributed by atoms with E-state index in [9.17, 15) is 0 Å². The van der Waals surface area contributed by atoms with Crippen LogP contribution in [0, 0.1) is 6.92 Å². The van der Waals surface area contributed by atoms with Crippen molar-refractivity contribution in [1.82, 2.24) is 19.5 Å². The average molecular weight is 939 g/mol. The highest BCUT2D eigenvalue weighted by atomic mass is 32.1. The smallest absolute Gasteiger partial charge is 0.164 e. The molecule has 340 valence electrons. The van der Waals surface area contributed by atoms with Crippen LogP contribution in [0.1, 0.15) is 36.0 Å². The molecule has 0 aliphatic carbocycles. The largest absolute Gasteiger partial charge is 0.308 e. The second kappa shape index (κ2) is 17.0. The summed E-state index contributed by atoms with van der Waals surface area (Å²) >= 11 is 1.82. The molecule has 0 saturated carbocycles. The average Bonchev–Trinajstić information content (AvgIpc) is 3.96. The molecule has 5 heteroatoms. The molecule has 3 aromatic heterocycles. The molecule has 0 saturated heterocycles. The zero-order valence-electron chi connectivity index (χ0n) is 39.8. The molecule has 4 nitrogen and oxygen atoms in total. The lowest BCUT2D eigenvalue weighted by molar-refractivity contribution is 0.779. The maximum absolute atomic E-state index is 5.67. The number of rotatable bonds is 8. The van der Waals surface area contributed by atoms with Crippen LogP contribution in [-0.4, -0.2) is 19.5 Å². The van der Waals surface area contributed by atoms with Gasteiger partial charge in [0.15, 0.2) is 17.5 Å². The minimum absolute atomic E-state index is 0.0715. The molecule has 3 heterocycles. The van der Waals surface area contributed by atoms with E-state index in [2.05, 4.69) is 243 Å². The molecular weight excluding hydrogens is 893 g/mol. The monoisotopic (exact) mass is 938 g/mol. The van der Waals surface area contributed by atoms with Crippen LogP contribution in [0.15, 0.2) is 224 Å². The molecule has 0 bridgehead atoms. The van der Waals surface area contributed by atoms with Gasteiger partial charge >= 0.3 is 0 Å². The zero-order valence-corrected chi connectivity index (χ0v) is 40.7. The van der Waals surface area contributed by atoms with Crippen LogP contribution in [0.4, 0.5) is 0 Å². The first-order valence-corrected chi connectivity index (χ1v) is 25.7. The number of nitrogens with zero attached hydrogens (tertiary/aromatic N) is 4. The standard InChI is InChI=1S/C67H46N4S/c1-3-49(42-20-5-4-6-21-42)63-52(50-28-13-7-19-41(50)2)31-18-33-55(63)67-69-65(68-66(70-67)53-32-17-27-43-22-12-14-29-51(43)53)48-39-60(64-54-30-15-16-34-61(54)72-62(64)40-48)71-58-37-46-25-10-8-23-44(46)35-56(58)57-36-45-24-9-11-26-47(45)38-59(57)71/h4-40,49H,3H2,1-2H3. The van der Waals surface area contributed by atoms with E-state index in [-0.39, 0.29) is 5.92 Å². The van der Waals surface area contributed by atoms with Crippen molar-refractivity contribution in [3.05, 3.63) is 241 Å². The molecule has 11 aromatic carbocycles. The van der Waals surface area contributed by atoms with Gasteiger partial charge < -0.3 is 4.57 Å². The topological polar surface area (TPSA) is 43.6 Å². The predicted molar refractivity (Wildman–Crippen MR) is 305 cm³/mol. The molecule has 0 aliphatic heterocycles. The van der Waals surface area contributed by atoms with E-state index >= 15 is 0 Å². The van der Waals surface area contributed by atoms with Gasteiger partial charge in [-0.2, -0.15) is 0 Å². The van der Waals surface area contributed by atoms with Gasteiger partial charge in [-0.3, -0.25) is 0 Å². The van der Waals surface area contributed by atoms with Crippen LogP contribution >= 0.6 is 11.3 Å². The van der Waals surface area contributed by atoms with Crippen LogP contribution in [0.25, 0.3) is 125 Å². The highest BCUT2D eigenvalue weighted by molar-refractivity contribution is 7.26. The van der Waals surface area contributed by atoms with E-state index in [1.807, 2.05) is 11.3 Å². The van der Waals surface area contributed by atoms with E-state index in [1.54, 1.807) is 0 Å². The number of fused-ring (bicyclic) bond motifs is 9. The Hall–Kier alpha value is -8.77. The summed E-state index contributed by atoms with van der Waals surface area (Å²) in [5.41, 5.74) is 12.4. The number of hydrogen-bond donors (Lipinski definition) is 0. The van der Waals surface area contributed by atoms with Crippen molar-refractivity contribution in [2.45, 2.75) is 26.2 Å². The van der Waals surface area contributed by atoms with E-state index in [0.717, 1.165) is 50.6 Å². The Bertz CT molecular complexity index is 4370. The number of aryl methyl sites for hydroxylation is 1. The summed E-state index contributed by atoms with van der Waals surface area (Å²) in [6.45, 7) is 4.50. The number of hydrogen-bond acceptors (Lipinski definition) is 4. The number of benzene rings is 11. The summed E-state index contributed by atoms with van der Waals surface area (Å²) in [4.78, 5) is 16.8. The third-order valence-electron chi connectivity index (χ3n) is 14.9. The van der Waals surface area contributed by atoms with Crippen LogP contribution in [0.5, 0.6) is 0 Å². The molecule has 0 N–H and O–H groups in total. The summed E-state index contributed by atoms with van der Waals surface area (Å²) in [5.74, 6) is 1.98. The van der Waals surface area contributed by atoms with Gasteiger partial charge in [0.1, 0.15) is 0 Å². The van der Waals surface area contributed by atoms with Gasteiger partial charge in [-0.1, -0.05) is 189 Å². The first kappa shape index (κ1) is 42.1. The van der Waals surface area contributed by atoms with Gasteiger partial charge in [-0.25, -0.2) is 15.0 Å². The second-order valence-corrected chi connectivity index (χ2v) is 20.1. The van der Waals surface area contributed by atoms with Gasteiger partial charge in [-0.15, -0.1) is 11.3 Å². The number of aromatic nitrogens is 4. The third kappa shape index (κ3) is 6.84. The van der Waals surface area contributed by atoms with E-state index in [0.29, 0.717) is 17.5 Å². The molecule has 0 fully saturated rings. The second-order valence-electron chi connectivity index (χ2n) is 19.0. The van der Waals surface area contributed by atoms with Crippen molar-refractivity contribution in [3.8, 4) is 51.0 Å². The fourth-order valence-corrected chi connectivity index (χ4v) is 12.7. The Morgan fingerprint density at radius 1 is 0.417 bits per heavy atom. The van der Waals surface area contributed by atoms with Crippen molar-refractivity contribution in [2.24, 2.45) is 0 Å². The van der Waals surface area contributed by atoms with Crippen molar-refractivity contribution < 1.29 is 0 Å². The Kier molecular flexibility index (Phi) is 9.94. The van der Waals surface area contributed by atoms with Crippen LogP contribution < -0.4 is 0 Å². The van der Waals surface area contributed by atoms with E-state index in [1.165, 1.54) is 80.3 Å². The SMILES string of the molecule is CCC(c1ccccc1)c1c(-c2nc(-c3cc(-n4c5cc6ccccc6cc5c5cc6ccccc6cc54)c4c(c3)sc3ccccc34)nc(-c3cccc4ccccc34)n2)cccc1-c1ccccc1C. The first-order valence-electron chi connectivity index (χ1n) is 24.9. The maximum atomic E-state index is 5.67. The lowest BCUT2D eigenvalue weighted by atomic mass is 9.80. The molecule has 0 aliphatic rings. The lowest BCUT2D eigenvalue weighted by Gasteiger charge is -2.24. The fourth-order valence-electron chi connectivity index (χ4n) is 11.5. The molecule has 14 aromatic rings. The van der Waals surface area contributed by atoms with Crippen molar-refractivity contribution >= 4 is 85.6 Å². The summed E-state index contributed by atoms with van der Waals surface area (Å²) in [5, 5.41) is 12.0. The summed E-state index contributed by atoms with van der Waals surface area (Å²) in [7, 11) is 0. The van der Waals surface area contributed by atoms with E-state index < -0.39 is 0 Å². The minimum Gasteiger partial charge on any atom is -0.308 e. The normalized spacial score (nSPS) is 12.3. The van der Waals surface area contributed by atoms with Gasteiger partial charge in [0.25, 0.3) is 0 Å². The van der Waals surface area contributed by atoms with Gasteiger partial charge in [0, 0.05) is 53.6 Å². The summed E-state index contributed by atoms with van der Waals surface area (Å²) in [6, 6.07) is 81.7. The Labute approximate surface area is 421 Å². The molecule has 72 heavy (non-hydrogen) atoms. The number of thiophene rings is 1. The lowest BCUT2D eigenvalue weighted by Crippen LogP contribution is -2.08. The van der Waals surface area contributed by atoms with Crippen LogP contribution in [0.2, 0.25) is 0 Å². The van der Waals surface area contributed by atoms with Crippen molar-refractivity contribution in [2.75, 3.05) is 0 Å². The summed E-state index contributed by atoms with van der Waals surface area (Å²) in [6.07, 6.45) is 0.892. The Balaban J connectivity index is 1.10. The molecular formula is C67H46N4S. The molecule has 1 unspecified atom stereocenters. The third-order valence-corrected chi connectivity index (χ3v) is 16.0. The molecule has 0 spiro atoms. The zero-order chi connectivity index (χ0) is 47.9. The first-order chi connectivity index (χ1) is 35.6. The van der Waals surface area contributed by atoms with Crippen LogP contribution in [0.3, 0.4) is 0 Å². The molecule has 1 atom stereocenters. The maximum Gasteiger partial charge on any atom is 0.164 e. The van der Waals surface area contributed by atoms with Gasteiger partial charge in [0.2, 0.25) is 0 Å². The Morgan fingerprint density at radius 2 is 0.944 bits per heavy atom. The molecule has 0 radical (unpaired) electrons. The van der Waals surface area contributed by atoms with Gasteiger partial charge in [-0.05, 0) is 116 Å². The quantitative estimate of drug-likeness (QED) is 0.152. The van der Waals surface area contributed by atoms with Crippen molar-refractivity contribution in [3.63, 3.8) is 0 Å². The van der Waals surface area contributed by atoms with Crippen molar-refractivity contribution in [1.29, 1.82) is 0 Å². The molecule has 14 rings (SSSR count). The Morgan fingerprint density at radius 3 is 1.65 bits per heavy atom. The predicted octanol–water partition coefficient (Wildman–Crippen LogP) is 18.3. The fraction of sp³-hybridized carbons (Fsp3) is 0.0597. The molecule has 0 amide bonds. The van der Waals surface area contributed by atoms with Crippen LogP contribution in [-0.2, 0) is 0 Å². The van der Waals surface area contributed by atoms with Gasteiger partial charge in [0.05, 0.1) is 16.7 Å². The summed E-state index contributed by atoms with van der Waals surface area (Å²) < 4.78 is 4.92.